The number of rotatable bonds is 5. The van der Waals surface area contributed by atoms with Crippen LogP contribution >= 0.6 is 11.6 Å². The highest BCUT2D eigenvalue weighted by molar-refractivity contribution is 6.35. The molecule has 0 bridgehead atoms. The van der Waals surface area contributed by atoms with E-state index in [0.29, 0.717) is 5.02 Å². The SMILES string of the molecule is C=C(C)N1CCN(C(=C)c2ccc3c(Cl)cc(-c4cccc5[nH]ncc45)nc3c2)CC1.CCCC. The Labute approximate surface area is 213 Å². The van der Waals surface area contributed by atoms with Crippen molar-refractivity contribution >= 4 is 39.1 Å². The molecule has 5 nitrogen and oxygen atoms in total. The summed E-state index contributed by atoms with van der Waals surface area (Å²) in [5.41, 5.74) is 6.89. The lowest BCUT2D eigenvalue weighted by atomic mass is 10.0. The van der Waals surface area contributed by atoms with E-state index in [1.807, 2.05) is 36.5 Å². The van der Waals surface area contributed by atoms with Gasteiger partial charge in [-0.3, -0.25) is 5.10 Å². The van der Waals surface area contributed by atoms with Crippen LogP contribution in [0.3, 0.4) is 0 Å². The number of nitrogens with one attached hydrogen (secondary N) is 1. The summed E-state index contributed by atoms with van der Waals surface area (Å²) in [6, 6.07) is 14.2. The molecule has 1 saturated heterocycles. The van der Waals surface area contributed by atoms with Gasteiger partial charge in [-0.1, -0.05) is 75.7 Å². The molecule has 0 atom stereocenters. The molecule has 1 aliphatic rings. The molecule has 4 aromatic rings. The standard InChI is InChI=1S/C25H24ClN5.C4H10/c1-16(2)30-9-11-31(12-10-30)17(3)18-7-8-20-22(26)14-25(28-24(20)13-18)19-5-4-6-23-21(19)15-27-29-23;1-3-4-2/h4-8,13-15H,1,3,9-12H2,2H3,(H,27,29);3-4H2,1-2H3. The third-order valence-electron chi connectivity index (χ3n) is 6.55. The average molecular weight is 488 g/mol. The van der Waals surface area contributed by atoms with Crippen molar-refractivity contribution in [2.24, 2.45) is 0 Å². The number of allylic oxidation sites excluding steroid dienone is 1. The van der Waals surface area contributed by atoms with Crippen LogP contribution in [0.1, 0.15) is 39.2 Å². The summed E-state index contributed by atoms with van der Waals surface area (Å²) >= 11 is 6.65. The van der Waals surface area contributed by atoms with Gasteiger partial charge in [0.25, 0.3) is 0 Å². The minimum atomic E-state index is 0.688. The second-order valence-electron chi connectivity index (χ2n) is 9.01. The van der Waals surface area contributed by atoms with Crippen molar-refractivity contribution in [2.75, 3.05) is 26.2 Å². The Balaban J connectivity index is 0.000000672. The Morgan fingerprint density at radius 1 is 0.971 bits per heavy atom. The first kappa shape index (κ1) is 24.8. The van der Waals surface area contributed by atoms with Crippen LogP contribution in [0.15, 0.2) is 67.5 Å². The van der Waals surface area contributed by atoms with Crippen LogP contribution in [0.4, 0.5) is 0 Å². The molecule has 1 N–H and O–H groups in total. The summed E-state index contributed by atoms with van der Waals surface area (Å²) in [6.07, 6.45) is 4.47. The maximum atomic E-state index is 6.65. The molecule has 2 aromatic heterocycles. The van der Waals surface area contributed by atoms with E-state index in [9.17, 15) is 0 Å². The molecule has 0 unspecified atom stereocenters. The lowest BCUT2D eigenvalue weighted by Crippen LogP contribution is -2.44. The van der Waals surface area contributed by atoms with Crippen LogP contribution in [0.2, 0.25) is 5.02 Å². The Morgan fingerprint density at radius 3 is 2.37 bits per heavy atom. The lowest BCUT2D eigenvalue weighted by molar-refractivity contribution is 0.215. The van der Waals surface area contributed by atoms with Gasteiger partial charge in [-0.15, -0.1) is 0 Å². The summed E-state index contributed by atoms with van der Waals surface area (Å²) in [5.74, 6) is 0. The summed E-state index contributed by atoms with van der Waals surface area (Å²) in [5, 5.41) is 9.84. The van der Waals surface area contributed by atoms with Gasteiger partial charge in [0.05, 0.1) is 27.9 Å². The van der Waals surface area contributed by atoms with Crippen molar-refractivity contribution in [3.05, 3.63) is 78.1 Å². The van der Waals surface area contributed by atoms with E-state index in [2.05, 4.69) is 66.1 Å². The van der Waals surface area contributed by atoms with E-state index in [4.69, 9.17) is 16.6 Å². The van der Waals surface area contributed by atoms with E-state index in [1.165, 1.54) is 12.8 Å². The number of aromatic amines is 1. The molecular formula is C29H34ClN5. The number of pyridine rings is 1. The predicted octanol–water partition coefficient (Wildman–Crippen LogP) is 7.36. The molecule has 1 fully saturated rings. The monoisotopic (exact) mass is 487 g/mol. The van der Waals surface area contributed by atoms with Crippen molar-refractivity contribution in [1.82, 2.24) is 25.0 Å². The molecule has 0 amide bonds. The highest BCUT2D eigenvalue weighted by atomic mass is 35.5. The van der Waals surface area contributed by atoms with Crippen LogP contribution in [0.25, 0.3) is 38.8 Å². The highest BCUT2D eigenvalue weighted by Gasteiger charge is 2.19. The first-order valence-electron chi connectivity index (χ1n) is 12.3. The minimum absolute atomic E-state index is 0.688. The van der Waals surface area contributed by atoms with Crippen LogP contribution in [-0.4, -0.2) is 51.2 Å². The first-order valence-corrected chi connectivity index (χ1v) is 12.7. The van der Waals surface area contributed by atoms with E-state index >= 15 is 0 Å². The van der Waals surface area contributed by atoms with E-state index in [1.54, 1.807) is 0 Å². The highest BCUT2D eigenvalue weighted by Crippen LogP contribution is 2.33. The Morgan fingerprint density at radius 2 is 1.69 bits per heavy atom. The smallest absolute Gasteiger partial charge is 0.0731 e. The van der Waals surface area contributed by atoms with Gasteiger partial charge in [0, 0.05) is 53.9 Å². The van der Waals surface area contributed by atoms with E-state index < -0.39 is 0 Å². The second-order valence-corrected chi connectivity index (χ2v) is 9.42. The fourth-order valence-corrected chi connectivity index (χ4v) is 4.50. The molecule has 3 heterocycles. The molecule has 0 spiro atoms. The third-order valence-corrected chi connectivity index (χ3v) is 6.87. The number of benzene rings is 2. The quantitative estimate of drug-likeness (QED) is 0.319. The van der Waals surface area contributed by atoms with Gasteiger partial charge in [0.1, 0.15) is 0 Å². The zero-order valence-corrected chi connectivity index (χ0v) is 21.7. The van der Waals surface area contributed by atoms with Crippen molar-refractivity contribution in [1.29, 1.82) is 0 Å². The molecule has 1 aliphatic heterocycles. The fraction of sp³-hybridized carbons (Fsp3) is 0.310. The number of unbranched alkanes of at least 4 members (excludes halogenated alkanes) is 1. The van der Waals surface area contributed by atoms with Crippen molar-refractivity contribution < 1.29 is 0 Å². The van der Waals surface area contributed by atoms with Crippen molar-refractivity contribution in [2.45, 2.75) is 33.6 Å². The number of halogens is 1. The molecule has 6 heteroatoms. The zero-order chi connectivity index (χ0) is 24.9. The topological polar surface area (TPSA) is 48.0 Å². The number of hydrogen-bond acceptors (Lipinski definition) is 4. The maximum Gasteiger partial charge on any atom is 0.0731 e. The third kappa shape index (κ3) is 5.35. The number of hydrogen-bond donors (Lipinski definition) is 1. The maximum absolute atomic E-state index is 6.65. The number of fused-ring (bicyclic) bond motifs is 2. The van der Waals surface area contributed by atoms with Gasteiger partial charge in [0.15, 0.2) is 0 Å². The largest absolute Gasteiger partial charge is 0.372 e. The normalized spacial score (nSPS) is 13.6. The number of piperazine rings is 1. The van der Waals surface area contributed by atoms with Crippen LogP contribution in [0.5, 0.6) is 0 Å². The van der Waals surface area contributed by atoms with Gasteiger partial charge in [-0.25, -0.2) is 4.98 Å². The first-order chi connectivity index (χ1) is 16.9. The van der Waals surface area contributed by atoms with Gasteiger partial charge in [0.2, 0.25) is 0 Å². The summed E-state index contributed by atoms with van der Waals surface area (Å²) in [7, 11) is 0. The van der Waals surface area contributed by atoms with Gasteiger partial charge < -0.3 is 9.80 Å². The Hall–Kier alpha value is -3.31. The van der Waals surface area contributed by atoms with Gasteiger partial charge >= 0.3 is 0 Å². The summed E-state index contributed by atoms with van der Waals surface area (Å²) < 4.78 is 0. The number of nitrogens with zero attached hydrogens (tertiary/aromatic N) is 4. The second kappa shape index (κ2) is 11.0. The Bertz CT molecular complexity index is 1350. The summed E-state index contributed by atoms with van der Waals surface area (Å²) in [4.78, 5) is 9.60. The van der Waals surface area contributed by atoms with Gasteiger partial charge in [-0.05, 0) is 30.7 Å². The molecule has 0 aliphatic carbocycles. The molecule has 0 saturated carbocycles. The van der Waals surface area contributed by atoms with E-state index in [-0.39, 0.29) is 0 Å². The van der Waals surface area contributed by atoms with Crippen LogP contribution in [0, 0.1) is 0 Å². The van der Waals surface area contributed by atoms with Crippen LogP contribution in [-0.2, 0) is 0 Å². The fourth-order valence-electron chi connectivity index (χ4n) is 4.24. The lowest BCUT2D eigenvalue weighted by Gasteiger charge is -2.38. The Kier molecular flexibility index (Phi) is 7.76. The molecular weight excluding hydrogens is 454 g/mol. The predicted molar refractivity (Wildman–Crippen MR) is 149 cm³/mol. The number of H-pyrrole nitrogens is 1. The molecule has 0 radical (unpaired) electrons. The molecule has 182 valence electrons. The molecule has 35 heavy (non-hydrogen) atoms. The number of aromatic nitrogens is 3. The average Bonchev–Trinajstić information content (AvgIpc) is 3.37. The van der Waals surface area contributed by atoms with Crippen molar-refractivity contribution in [3.63, 3.8) is 0 Å². The zero-order valence-electron chi connectivity index (χ0n) is 20.9. The van der Waals surface area contributed by atoms with E-state index in [0.717, 1.165) is 76.2 Å². The minimum Gasteiger partial charge on any atom is -0.372 e. The van der Waals surface area contributed by atoms with Gasteiger partial charge in [-0.2, -0.15) is 5.10 Å². The molecule has 2 aromatic carbocycles. The van der Waals surface area contributed by atoms with Crippen LogP contribution < -0.4 is 0 Å². The molecule has 5 rings (SSSR count). The summed E-state index contributed by atoms with van der Waals surface area (Å²) in [6.45, 7) is 18.6. The van der Waals surface area contributed by atoms with Crippen molar-refractivity contribution in [3.8, 4) is 11.3 Å².